The lowest BCUT2D eigenvalue weighted by Gasteiger charge is -2.26. The molecule has 0 spiro atoms. The van der Waals surface area contributed by atoms with E-state index in [9.17, 15) is 24.9 Å². The number of amides is 1. The van der Waals surface area contributed by atoms with Crippen LogP contribution in [0.2, 0.25) is 0 Å². The molecule has 0 aliphatic heterocycles. The van der Waals surface area contributed by atoms with Crippen molar-refractivity contribution >= 4 is 11.7 Å². The van der Waals surface area contributed by atoms with Gasteiger partial charge < -0.3 is 20.2 Å². The Morgan fingerprint density at radius 2 is 1.55 bits per heavy atom. The molecule has 0 saturated carbocycles. The first kappa shape index (κ1) is 24.3. The van der Waals surface area contributed by atoms with Gasteiger partial charge in [-0.25, -0.2) is 9.97 Å². The Morgan fingerprint density at radius 1 is 0.935 bits per heavy atom. The SMILES string of the molecule is CN(CCc1nnc(-c2ncccn2)nn1)C(=O)CCCC(=O)CC(CO)(CO)CO. The number of aliphatic hydroxyl groups is 3. The maximum Gasteiger partial charge on any atom is 0.240 e. The van der Waals surface area contributed by atoms with Gasteiger partial charge in [0.1, 0.15) is 5.78 Å². The van der Waals surface area contributed by atoms with Crippen LogP contribution in [-0.2, 0) is 16.0 Å². The summed E-state index contributed by atoms with van der Waals surface area (Å²) in [7, 11) is 1.64. The smallest absolute Gasteiger partial charge is 0.240 e. The van der Waals surface area contributed by atoms with Crippen molar-refractivity contribution in [1.82, 2.24) is 35.3 Å². The summed E-state index contributed by atoms with van der Waals surface area (Å²) < 4.78 is 0. The van der Waals surface area contributed by atoms with E-state index in [1.807, 2.05) is 0 Å². The topological polar surface area (TPSA) is 175 Å². The molecule has 2 aromatic rings. The molecule has 0 bridgehead atoms. The lowest BCUT2D eigenvalue weighted by atomic mass is 9.84. The van der Waals surface area contributed by atoms with Crippen LogP contribution in [0.15, 0.2) is 18.5 Å². The van der Waals surface area contributed by atoms with Crippen molar-refractivity contribution in [3.05, 3.63) is 24.3 Å². The third-order valence-electron chi connectivity index (χ3n) is 4.81. The highest BCUT2D eigenvalue weighted by atomic mass is 16.3. The molecule has 0 aliphatic carbocycles. The van der Waals surface area contributed by atoms with Gasteiger partial charge in [-0.05, 0) is 12.5 Å². The average molecular weight is 433 g/mol. The summed E-state index contributed by atoms with van der Waals surface area (Å²) in [6, 6.07) is 1.67. The number of Topliss-reactive ketones (excluding diaryl/α,β-unsaturated/α-hetero) is 1. The van der Waals surface area contributed by atoms with Crippen LogP contribution in [0.4, 0.5) is 0 Å². The Labute approximate surface area is 179 Å². The van der Waals surface area contributed by atoms with E-state index in [1.165, 1.54) is 4.90 Å². The maximum atomic E-state index is 12.2. The average Bonchev–Trinajstić information content (AvgIpc) is 2.82. The summed E-state index contributed by atoms with van der Waals surface area (Å²) in [6.07, 6.45) is 4.00. The van der Waals surface area contributed by atoms with Crippen LogP contribution in [0.25, 0.3) is 11.6 Å². The Morgan fingerprint density at radius 3 is 2.13 bits per heavy atom. The Balaban J connectivity index is 1.73. The van der Waals surface area contributed by atoms with E-state index in [2.05, 4.69) is 30.4 Å². The summed E-state index contributed by atoms with van der Waals surface area (Å²) in [4.78, 5) is 33.8. The number of hydrogen-bond donors (Lipinski definition) is 3. The minimum absolute atomic E-state index is 0.126. The molecule has 2 heterocycles. The van der Waals surface area contributed by atoms with Crippen molar-refractivity contribution in [1.29, 1.82) is 0 Å². The zero-order valence-corrected chi connectivity index (χ0v) is 17.4. The van der Waals surface area contributed by atoms with Gasteiger partial charge in [-0.15, -0.1) is 20.4 Å². The highest BCUT2D eigenvalue weighted by Crippen LogP contribution is 2.21. The van der Waals surface area contributed by atoms with E-state index in [1.54, 1.807) is 25.5 Å². The summed E-state index contributed by atoms with van der Waals surface area (Å²) in [5.74, 6) is 0.556. The van der Waals surface area contributed by atoms with Crippen LogP contribution in [0.3, 0.4) is 0 Å². The van der Waals surface area contributed by atoms with E-state index < -0.39 is 25.2 Å². The highest BCUT2D eigenvalue weighted by Gasteiger charge is 2.30. The molecule has 1 amide bonds. The Bertz CT molecular complexity index is 823. The predicted molar refractivity (Wildman–Crippen MR) is 107 cm³/mol. The van der Waals surface area contributed by atoms with Crippen molar-refractivity contribution < 1.29 is 24.9 Å². The van der Waals surface area contributed by atoms with Crippen LogP contribution in [0.5, 0.6) is 0 Å². The van der Waals surface area contributed by atoms with E-state index in [4.69, 9.17) is 0 Å². The minimum atomic E-state index is -1.22. The standard InChI is InChI=1S/C19H27N7O5/c1-26(16(31)5-2-4-14(30)10-19(11-27,12-28)13-29)9-6-15-22-24-18(25-23-15)17-20-7-3-8-21-17/h3,7-8,27-29H,2,4-6,9-13H2,1H3. The number of nitrogens with zero attached hydrogens (tertiary/aromatic N) is 7. The van der Waals surface area contributed by atoms with Crippen LogP contribution in [0.1, 0.15) is 31.5 Å². The highest BCUT2D eigenvalue weighted by molar-refractivity contribution is 5.80. The normalized spacial score (nSPS) is 11.4. The van der Waals surface area contributed by atoms with Crippen molar-refractivity contribution in [3.8, 4) is 11.6 Å². The van der Waals surface area contributed by atoms with Gasteiger partial charge >= 0.3 is 0 Å². The molecule has 2 rings (SSSR count). The molecule has 12 heteroatoms. The van der Waals surface area contributed by atoms with Crippen molar-refractivity contribution in [2.75, 3.05) is 33.4 Å². The number of carbonyl (C=O) groups is 2. The molecule has 12 nitrogen and oxygen atoms in total. The number of aromatic nitrogens is 6. The van der Waals surface area contributed by atoms with Crippen LogP contribution >= 0.6 is 0 Å². The van der Waals surface area contributed by atoms with Crippen molar-refractivity contribution in [2.24, 2.45) is 5.41 Å². The lowest BCUT2D eigenvalue weighted by Crippen LogP contribution is -2.36. The summed E-state index contributed by atoms with van der Waals surface area (Å²) in [6.45, 7) is -1.10. The Kier molecular flexibility index (Phi) is 9.43. The van der Waals surface area contributed by atoms with Gasteiger partial charge in [-0.3, -0.25) is 9.59 Å². The first-order valence-corrected chi connectivity index (χ1v) is 9.85. The number of rotatable bonds is 13. The van der Waals surface area contributed by atoms with E-state index in [-0.39, 0.29) is 36.8 Å². The van der Waals surface area contributed by atoms with Gasteiger partial charge in [0.05, 0.1) is 19.8 Å². The monoisotopic (exact) mass is 433 g/mol. The van der Waals surface area contributed by atoms with E-state index >= 15 is 0 Å². The fourth-order valence-electron chi connectivity index (χ4n) is 2.70. The van der Waals surface area contributed by atoms with Gasteiger partial charge in [-0.1, -0.05) is 0 Å². The molecule has 3 N–H and O–H groups in total. The second kappa shape index (κ2) is 12.0. The molecule has 0 aliphatic rings. The lowest BCUT2D eigenvalue weighted by molar-refractivity contribution is -0.130. The molecule has 2 aromatic heterocycles. The molecule has 0 aromatic carbocycles. The first-order valence-electron chi connectivity index (χ1n) is 9.85. The molecule has 168 valence electrons. The number of likely N-dealkylation sites (N-methyl/N-ethyl adjacent to an activating group) is 1. The van der Waals surface area contributed by atoms with Gasteiger partial charge in [0.25, 0.3) is 0 Å². The molecular weight excluding hydrogens is 406 g/mol. The van der Waals surface area contributed by atoms with Crippen LogP contribution in [-0.4, -0.2) is 95.7 Å². The third kappa shape index (κ3) is 7.35. The number of carbonyl (C=O) groups excluding carboxylic acids is 2. The zero-order chi connectivity index (χ0) is 22.7. The predicted octanol–water partition coefficient (Wildman–Crippen LogP) is -1.18. The third-order valence-corrected chi connectivity index (χ3v) is 4.81. The van der Waals surface area contributed by atoms with E-state index in [0.29, 0.717) is 31.0 Å². The zero-order valence-electron chi connectivity index (χ0n) is 17.4. The van der Waals surface area contributed by atoms with Gasteiger partial charge in [0.15, 0.2) is 5.82 Å². The summed E-state index contributed by atoms with van der Waals surface area (Å²) in [5.41, 5.74) is -1.22. The molecule has 0 unspecified atom stereocenters. The van der Waals surface area contributed by atoms with Crippen LogP contribution in [0, 0.1) is 5.41 Å². The summed E-state index contributed by atoms with van der Waals surface area (Å²) in [5, 5.41) is 43.7. The first-order chi connectivity index (χ1) is 14.9. The van der Waals surface area contributed by atoms with Crippen LogP contribution < -0.4 is 0 Å². The molecule has 0 fully saturated rings. The molecule has 31 heavy (non-hydrogen) atoms. The number of ketones is 1. The fraction of sp³-hybridized carbons (Fsp3) is 0.579. The molecular formula is C19H27N7O5. The molecule has 0 radical (unpaired) electrons. The summed E-state index contributed by atoms with van der Waals surface area (Å²) >= 11 is 0. The van der Waals surface area contributed by atoms with Gasteiger partial charge in [0, 0.05) is 57.1 Å². The number of hydrogen-bond acceptors (Lipinski definition) is 11. The molecule has 0 saturated heterocycles. The Hall–Kier alpha value is -2.96. The van der Waals surface area contributed by atoms with Crippen molar-refractivity contribution in [2.45, 2.75) is 32.1 Å². The van der Waals surface area contributed by atoms with Gasteiger partial charge in [0.2, 0.25) is 17.6 Å². The van der Waals surface area contributed by atoms with E-state index in [0.717, 1.165) is 0 Å². The van der Waals surface area contributed by atoms with Gasteiger partial charge in [-0.2, -0.15) is 0 Å². The fourth-order valence-corrected chi connectivity index (χ4v) is 2.70. The largest absolute Gasteiger partial charge is 0.396 e. The quantitative estimate of drug-likeness (QED) is 0.346. The van der Waals surface area contributed by atoms with Crippen molar-refractivity contribution in [3.63, 3.8) is 0 Å². The number of aliphatic hydroxyl groups excluding tert-OH is 3. The minimum Gasteiger partial charge on any atom is -0.396 e. The second-order valence-corrected chi connectivity index (χ2v) is 7.32. The second-order valence-electron chi connectivity index (χ2n) is 7.32. The maximum absolute atomic E-state index is 12.2. The molecule has 0 atom stereocenters.